The summed E-state index contributed by atoms with van der Waals surface area (Å²) in [5, 5.41) is 9.34. The van der Waals surface area contributed by atoms with Crippen LogP contribution in [0.4, 0.5) is 0 Å². The molecular formula is C7H11ClN2O. The molecule has 0 fully saturated rings. The topological polar surface area (TPSA) is 51.2 Å². The van der Waals surface area contributed by atoms with Crippen molar-refractivity contribution >= 4 is 11.6 Å². The molecule has 3 N–H and O–H groups in total. The fraction of sp³-hybridized carbons (Fsp3) is 0.429. The van der Waals surface area contributed by atoms with E-state index in [9.17, 15) is 0 Å². The Kier molecular flexibility index (Phi) is 2.54. The maximum Gasteiger partial charge on any atom is 0.108 e. The molecule has 4 heteroatoms. The fourth-order valence-electron chi connectivity index (χ4n) is 0.870. The van der Waals surface area contributed by atoms with E-state index in [1.807, 2.05) is 13.2 Å². The summed E-state index contributed by atoms with van der Waals surface area (Å²) >= 11 is 5.76. The number of aliphatic hydroxyl groups excluding tert-OH is 1. The largest absolute Gasteiger partial charge is 0.394 e. The Hall–Kier alpha value is -0.510. The summed E-state index contributed by atoms with van der Waals surface area (Å²) in [6, 6.07) is 1.43. The molecule has 0 saturated heterocycles. The van der Waals surface area contributed by atoms with Crippen LogP contribution in [0.15, 0.2) is 12.3 Å². The van der Waals surface area contributed by atoms with Gasteiger partial charge in [0.2, 0.25) is 0 Å². The molecule has 1 unspecified atom stereocenters. The van der Waals surface area contributed by atoms with E-state index in [2.05, 4.69) is 0 Å². The second-order valence-electron chi connectivity index (χ2n) is 2.50. The number of aromatic nitrogens is 1. The molecule has 0 bridgehead atoms. The van der Waals surface area contributed by atoms with E-state index in [4.69, 9.17) is 22.4 Å². The standard InChI is InChI=1S/C7H11ClN2O/c1-10-3-5(2-7(10)8)6(9)4-11/h2-3,6,11H,4,9H2,1H3. The maximum absolute atomic E-state index is 8.71. The van der Waals surface area contributed by atoms with Gasteiger partial charge in [0.15, 0.2) is 0 Å². The van der Waals surface area contributed by atoms with Crippen LogP contribution in [0, 0.1) is 0 Å². The van der Waals surface area contributed by atoms with Crippen LogP contribution in [-0.2, 0) is 7.05 Å². The third kappa shape index (κ3) is 1.74. The zero-order valence-corrected chi connectivity index (χ0v) is 7.04. The Balaban J connectivity index is 2.88. The van der Waals surface area contributed by atoms with Gasteiger partial charge in [-0.15, -0.1) is 0 Å². The molecule has 0 spiro atoms. The van der Waals surface area contributed by atoms with Gasteiger partial charge in [-0.1, -0.05) is 11.6 Å². The Morgan fingerprint density at radius 3 is 2.82 bits per heavy atom. The van der Waals surface area contributed by atoms with Crippen LogP contribution in [-0.4, -0.2) is 16.3 Å². The molecule has 62 valence electrons. The summed E-state index contributed by atoms with van der Waals surface area (Å²) in [5.41, 5.74) is 6.42. The summed E-state index contributed by atoms with van der Waals surface area (Å²) < 4.78 is 1.76. The lowest BCUT2D eigenvalue weighted by atomic mass is 10.2. The molecule has 1 aromatic heterocycles. The lowest BCUT2D eigenvalue weighted by molar-refractivity contribution is 0.268. The number of hydrogen-bond donors (Lipinski definition) is 2. The fourth-order valence-corrected chi connectivity index (χ4v) is 1.04. The van der Waals surface area contributed by atoms with Gasteiger partial charge in [0, 0.05) is 13.2 Å². The van der Waals surface area contributed by atoms with Gasteiger partial charge in [0.05, 0.1) is 12.6 Å². The van der Waals surface area contributed by atoms with Crippen molar-refractivity contribution in [2.45, 2.75) is 6.04 Å². The molecule has 0 amide bonds. The minimum atomic E-state index is -0.325. The predicted molar refractivity (Wildman–Crippen MR) is 44.4 cm³/mol. The number of hydrogen-bond acceptors (Lipinski definition) is 2. The van der Waals surface area contributed by atoms with Gasteiger partial charge >= 0.3 is 0 Å². The summed E-state index contributed by atoms with van der Waals surface area (Å²) in [7, 11) is 1.83. The van der Waals surface area contributed by atoms with Crippen molar-refractivity contribution in [3.8, 4) is 0 Å². The zero-order valence-electron chi connectivity index (χ0n) is 6.29. The van der Waals surface area contributed by atoms with E-state index in [1.165, 1.54) is 0 Å². The van der Waals surface area contributed by atoms with Crippen LogP contribution >= 0.6 is 11.6 Å². The van der Waals surface area contributed by atoms with E-state index in [-0.39, 0.29) is 12.6 Å². The molecule has 0 saturated carbocycles. The highest BCUT2D eigenvalue weighted by atomic mass is 35.5. The molecular weight excluding hydrogens is 164 g/mol. The van der Waals surface area contributed by atoms with Crippen molar-refractivity contribution in [1.82, 2.24) is 4.57 Å². The highest BCUT2D eigenvalue weighted by molar-refractivity contribution is 6.29. The number of nitrogens with zero attached hydrogens (tertiary/aromatic N) is 1. The first-order chi connectivity index (χ1) is 5.15. The minimum Gasteiger partial charge on any atom is -0.394 e. The normalized spacial score (nSPS) is 13.5. The first kappa shape index (κ1) is 8.59. The molecule has 1 atom stereocenters. The average Bonchev–Trinajstić information content (AvgIpc) is 2.31. The monoisotopic (exact) mass is 174 g/mol. The second kappa shape index (κ2) is 3.26. The lowest BCUT2D eigenvalue weighted by Crippen LogP contribution is -2.13. The highest BCUT2D eigenvalue weighted by Crippen LogP contribution is 2.17. The molecule has 0 aliphatic rings. The first-order valence-corrected chi connectivity index (χ1v) is 3.71. The van der Waals surface area contributed by atoms with Crippen molar-refractivity contribution in [2.75, 3.05) is 6.61 Å². The minimum absolute atomic E-state index is 0.0552. The first-order valence-electron chi connectivity index (χ1n) is 3.33. The smallest absolute Gasteiger partial charge is 0.108 e. The van der Waals surface area contributed by atoms with Crippen molar-refractivity contribution in [2.24, 2.45) is 12.8 Å². The molecule has 1 heterocycles. The van der Waals surface area contributed by atoms with E-state index in [1.54, 1.807) is 10.6 Å². The number of nitrogens with two attached hydrogens (primary N) is 1. The van der Waals surface area contributed by atoms with E-state index < -0.39 is 0 Å². The van der Waals surface area contributed by atoms with Crippen LogP contribution in [0.2, 0.25) is 5.15 Å². The highest BCUT2D eigenvalue weighted by Gasteiger charge is 2.07. The van der Waals surface area contributed by atoms with Crippen molar-refractivity contribution in [3.63, 3.8) is 0 Å². The average molecular weight is 175 g/mol. The van der Waals surface area contributed by atoms with E-state index in [0.717, 1.165) is 5.56 Å². The van der Waals surface area contributed by atoms with Crippen molar-refractivity contribution < 1.29 is 5.11 Å². The van der Waals surface area contributed by atoms with E-state index >= 15 is 0 Å². The summed E-state index contributed by atoms with van der Waals surface area (Å²) in [6.45, 7) is -0.0552. The van der Waals surface area contributed by atoms with Gasteiger partial charge in [-0.05, 0) is 11.6 Å². The number of halogens is 1. The van der Waals surface area contributed by atoms with E-state index in [0.29, 0.717) is 5.15 Å². The maximum atomic E-state index is 8.71. The summed E-state index contributed by atoms with van der Waals surface area (Å²) in [6.07, 6.45) is 1.81. The molecule has 0 aliphatic carbocycles. The quantitative estimate of drug-likeness (QED) is 0.693. The van der Waals surface area contributed by atoms with Gasteiger partial charge in [0.25, 0.3) is 0 Å². The molecule has 1 rings (SSSR count). The van der Waals surface area contributed by atoms with Crippen LogP contribution in [0.5, 0.6) is 0 Å². The van der Waals surface area contributed by atoms with Gasteiger partial charge in [-0.25, -0.2) is 0 Å². The molecule has 0 aliphatic heterocycles. The van der Waals surface area contributed by atoms with Gasteiger partial charge in [-0.3, -0.25) is 0 Å². The molecule has 0 aromatic carbocycles. The molecule has 11 heavy (non-hydrogen) atoms. The van der Waals surface area contributed by atoms with Crippen molar-refractivity contribution in [1.29, 1.82) is 0 Å². The number of aryl methyl sites for hydroxylation is 1. The Morgan fingerprint density at radius 1 is 1.82 bits per heavy atom. The van der Waals surface area contributed by atoms with Crippen LogP contribution < -0.4 is 5.73 Å². The van der Waals surface area contributed by atoms with Crippen molar-refractivity contribution in [3.05, 3.63) is 23.0 Å². The van der Waals surface area contributed by atoms with Gasteiger partial charge in [0.1, 0.15) is 5.15 Å². The summed E-state index contributed by atoms with van der Waals surface area (Å²) in [5.74, 6) is 0. The Morgan fingerprint density at radius 2 is 2.45 bits per heavy atom. The Bertz CT molecular complexity index is 227. The number of aliphatic hydroxyl groups is 1. The van der Waals surface area contributed by atoms with Crippen LogP contribution in [0.3, 0.4) is 0 Å². The molecule has 0 radical (unpaired) electrons. The van der Waals surface area contributed by atoms with Crippen LogP contribution in [0.1, 0.15) is 11.6 Å². The molecule has 1 aromatic rings. The number of rotatable bonds is 2. The lowest BCUT2D eigenvalue weighted by Gasteiger charge is -2.02. The van der Waals surface area contributed by atoms with Gasteiger partial charge < -0.3 is 15.4 Å². The second-order valence-corrected chi connectivity index (χ2v) is 2.88. The predicted octanol–water partition coefficient (Wildman–Crippen LogP) is 0.671. The third-order valence-corrected chi connectivity index (χ3v) is 1.97. The van der Waals surface area contributed by atoms with Crippen LogP contribution in [0.25, 0.3) is 0 Å². The SMILES string of the molecule is Cn1cc(C(N)CO)cc1Cl. The summed E-state index contributed by atoms with van der Waals surface area (Å²) in [4.78, 5) is 0. The Labute approximate surface area is 70.4 Å². The zero-order chi connectivity index (χ0) is 8.43. The third-order valence-electron chi connectivity index (χ3n) is 1.59. The van der Waals surface area contributed by atoms with Gasteiger partial charge in [-0.2, -0.15) is 0 Å². The molecule has 3 nitrogen and oxygen atoms in total.